The molecule has 0 aliphatic carbocycles. The summed E-state index contributed by atoms with van der Waals surface area (Å²) in [4.78, 5) is 0. The van der Waals surface area contributed by atoms with Gasteiger partial charge in [0, 0.05) is 17.4 Å². The number of rotatable bonds is 4. The Morgan fingerprint density at radius 3 is 3.00 bits per heavy atom. The largest absolute Gasteiger partial charge is 0.398 e. The fourth-order valence-corrected chi connectivity index (χ4v) is 1.48. The fourth-order valence-electron chi connectivity index (χ4n) is 1.48. The number of nitrogens with two attached hydrogens (primary N) is 1. The number of nitrogen functional groups attached to an aromatic ring is 1. The Bertz CT molecular complexity index is 528. The van der Waals surface area contributed by atoms with E-state index in [0.717, 1.165) is 17.0 Å². The van der Waals surface area contributed by atoms with Crippen molar-refractivity contribution in [2.24, 2.45) is 0 Å². The highest BCUT2D eigenvalue weighted by atomic mass is 16.5. The van der Waals surface area contributed by atoms with Gasteiger partial charge < -0.3 is 15.6 Å². The predicted octanol–water partition coefficient (Wildman–Crippen LogP) is 1.93. The summed E-state index contributed by atoms with van der Waals surface area (Å²) in [6, 6.07) is 9.40. The van der Waals surface area contributed by atoms with E-state index in [1.54, 1.807) is 18.3 Å². The molecule has 0 atom stereocenters. The molecule has 2 aromatic rings. The molecule has 17 heavy (non-hydrogen) atoms. The Morgan fingerprint density at radius 1 is 1.41 bits per heavy atom. The molecule has 0 radical (unpaired) electrons. The van der Waals surface area contributed by atoms with Crippen molar-refractivity contribution in [2.45, 2.75) is 13.0 Å². The first-order valence-electron chi connectivity index (χ1n) is 5.18. The van der Waals surface area contributed by atoms with Gasteiger partial charge in [-0.05, 0) is 23.8 Å². The quantitative estimate of drug-likeness (QED) is 0.780. The highest BCUT2D eigenvalue weighted by Gasteiger charge is 2.02. The highest BCUT2D eigenvalue weighted by Crippen LogP contribution is 2.18. The zero-order valence-electron chi connectivity index (χ0n) is 9.18. The average Bonchev–Trinajstić information content (AvgIpc) is 2.83. The second-order valence-corrected chi connectivity index (χ2v) is 3.58. The van der Waals surface area contributed by atoms with E-state index < -0.39 is 0 Å². The topological polar surface area (TPSA) is 87.9 Å². The van der Waals surface area contributed by atoms with E-state index in [1.165, 1.54) is 0 Å². The van der Waals surface area contributed by atoms with Crippen LogP contribution in [0.1, 0.15) is 11.3 Å². The molecule has 2 rings (SSSR count). The molecule has 0 unspecified atom stereocenters. The number of hydrogen-bond acceptors (Lipinski definition) is 5. The van der Waals surface area contributed by atoms with E-state index in [9.17, 15) is 0 Å². The van der Waals surface area contributed by atoms with Gasteiger partial charge in [-0.1, -0.05) is 5.16 Å². The van der Waals surface area contributed by atoms with E-state index in [-0.39, 0.29) is 0 Å². The third kappa shape index (κ3) is 2.75. The maximum absolute atomic E-state index is 8.67. The molecule has 0 bridgehead atoms. The lowest BCUT2D eigenvalue weighted by Crippen LogP contribution is -2.00. The molecule has 0 spiro atoms. The lowest BCUT2D eigenvalue weighted by atomic mass is 10.1. The first-order chi connectivity index (χ1) is 8.29. The summed E-state index contributed by atoms with van der Waals surface area (Å²) in [5.41, 5.74) is 8.13. The second kappa shape index (κ2) is 5.03. The highest BCUT2D eigenvalue weighted by molar-refractivity contribution is 5.58. The van der Waals surface area contributed by atoms with Crippen molar-refractivity contribution in [3.05, 3.63) is 41.8 Å². The number of hydrogen-bond donors (Lipinski definition) is 2. The molecule has 86 valence electrons. The van der Waals surface area contributed by atoms with Crippen LogP contribution in [0.15, 0.2) is 35.0 Å². The molecule has 5 heteroatoms. The van der Waals surface area contributed by atoms with Gasteiger partial charge in [0.1, 0.15) is 0 Å². The second-order valence-electron chi connectivity index (χ2n) is 3.58. The Morgan fingerprint density at radius 2 is 2.29 bits per heavy atom. The molecule has 0 fully saturated rings. The first kappa shape index (κ1) is 11.0. The Labute approximate surface area is 98.8 Å². The van der Waals surface area contributed by atoms with Crippen LogP contribution in [-0.2, 0) is 13.0 Å². The molecular formula is C12H12N4O. The lowest BCUT2D eigenvalue weighted by molar-refractivity contribution is 0.388. The standard InChI is InChI=1S/C12H12N4O/c13-5-3-9-7-10(1-2-12(9)14)15-8-11-4-6-16-17-11/h1-2,4,6-7,15H,3,8,14H2. The fraction of sp³-hybridized carbons (Fsp3) is 0.167. The summed E-state index contributed by atoms with van der Waals surface area (Å²) >= 11 is 0. The molecule has 3 N–H and O–H groups in total. The molecule has 1 heterocycles. The SMILES string of the molecule is N#CCc1cc(NCc2ccno2)ccc1N. The number of nitrogens with one attached hydrogen (secondary N) is 1. The number of nitriles is 1. The van der Waals surface area contributed by atoms with Gasteiger partial charge in [-0.25, -0.2) is 0 Å². The number of benzene rings is 1. The van der Waals surface area contributed by atoms with E-state index in [0.29, 0.717) is 18.7 Å². The van der Waals surface area contributed by atoms with Gasteiger partial charge in [0.15, 0.2) is 5.76 Å². The smallest absolute Gasteiger partial charge is 0.155 e. The number of aromatic nitrogens is 1. The van der Waals surface area contributed by atoms with E-state index in [2.05, 4.69) is 16.5 Å². The summed E-state index contributed by atoms with van der Waals surface area (Å²) in [6.45, 7) is 0.551. The van der Waals surface area contributed by atoms with Gasteiger partial charge in [0.05, 0.1) is 25.2 Å². The normalized spacial score (nSPS) is 9.82. The van der Waals surface area contributed by atoms with Crippen molar-refractivity contribution in [1.82, 2.24) is 5.16 Å². The van der Waals surface area contributed by atoms with Gasteiger partial charge in [0.2, 0.25) is 0 Å². The molecule has 0 saturated heterocycles. The van der Waals surface area contributed by atoms with Crippen molar-refractivity contribution >= 4 is 11.4 Å². The number of anilines is 2. The molecule has 1 aromatic carbocycles. The monoisotopic (exact) mass is 228 g/mol. The van der Waals surface area contributed by atoms with Crippen LogP contribution in [0.2, 0.25) is 0 Å². The van der Waals surface area contributed by atoms with Crippen LogP contribution < -0.4 is 11.1 Å². The third-order valence-electron chi connectivity index (χ3n) is 2.37. The van der Waals surface area contributed by atoms with Crippen LogP contribution in [0.25, 0.3) is 0 Å². The summed E-state index contributed by atoms with van der Waals surface area (Å²) in [6.07, 6.45) is 1.91. The van der Waals surface area contributed by atoms with E-state index >= 15 is 0 Å². The van der Waals surface area contributed by atoms with Crippen LogP contribution >= 0.6 is 0 Å². The maximum atomic E-state index is 8.67. The zero-order valence-corrected chi connectivity index (χ0v) is 9.18. The Hall–Kier alpha value is -2.48. The zero-order chi connectivity index (χ0) is 12.1. The van der Waals surface area contributed by atoms with Crippen molar-refractivity contribution in [2.75, 3.05) is 11.1 Å². The molecule has 5 nitrogen and oxygen atoms in total. The van der Waals surface area contributed by atoms with Crippen molar-refractivity contribution in [3.63, 3.8) is 0 Å². The van der Waals surface area contributed by atoms with E-state index in [1.807, 2.05) is 12.1 Å². The average molecular weight is 228 g/mol. The summed E-state index contributed by atoms with van der Waals surface area (Å²) < 4.78 is 4.97. The molecule has 0 amide bonds. The van der Waals surface area contributed by atoms with Gasteiger partial charge in [-0.2, -0.15) is 5.26 Å². The minimum atomic E-state index is 0.309. The summed E-state index contributed by atoms with van der Waals surface area (Å²) in [5.74, 6) is 0.753. The van der Waals surface area contributed by atoms with Crippen LogP contribution in [0.3, 0.4) is 0 Å². The third-order valence-corrected chi connectivity index (χ3v) is 2.37. The summed E-state index contributed by atoms with van der Waals surface area (Å²) in [5, 5.41) is 15.5. The molecular weight excluding hydrogens is 216 g/mol. The lowest BCUT2D eigenvalue weighted by Gasteiger charge is -2.07. The predicted molar refractivity (Wildman–Crippen MR) is 64.0 cm³/mol. The van der Waals surface area contributed by atoms with Crippen molar-refractivity contribution in [1.29, 1.82) is 5.26 Å². The van der Waals surface area contributed by atoms with Crippen molar-refractivity contribution < 1.29 is 4.52 Å². The van der Waals surface area contributed by atoms with Gasteiger partial charge >= 0.3 is 0 Å². The van der Waals surface area contributed by atoms with Gasteiger partial charge in [-0.15, -0.1) is 0 Å². The maximum Gasteiger partial charge on any atom is 0.155 e. The number of nitrogens with zero attached hydrogens (tertiary/aromatic N) is 2. The van der Waals surface area contributed by atoms with Gasteiger partial charge in [-0.3, -0.25) is 0 Å². The Kier molecular flexibility index (Phi) is 3.26. The van der Waals surface area contributed by atoms with Crippen molar-refractivity contribution in [3.8, 4) is 6.07 Å². The minimum Gasteiger partial charge on any atom is -0.398 e. The molecule has 0 aliphatic rings. The van der Waals surface area contributed by atoms with E-state index in [4.69, 9.17) is 15.5 Å². The molecule has 0 saturated carbocycles. The first-order valence-corrected chi connectivity index (χ1v) is 5.18. The van der Waals surface area contributed by atoms with Crippen LogP contribution in [0.4, 0.5) is 11.4 Å². The Balaban J connectivity index is 2.06. The van der Waals surface area contributed by atoms with Gasteiger partial charge in [0.25, 0.3) is 0 Å². The van der Waals surface area contributed by atoms with Crippen LogP contribution in [0.5, 0.6) is 0 Å². The molecule has 0 aliphatic heterocycles. The minimum absolute atomic E-state index is 0.309. The van der Waals surface area contributed by atoms with Crippen LogP contribution in [0, 0.1) is 11.3 Å². The summed E-state index contributed by atoms with van der Waals surface area (Å²) in [7, 11) is 0. The molecule has 1 aromatic heterocycles. The van der Waals surface area contributed by atoms with Crippen LogP contribution in [-0.4, -0.2) is 5.16 Å².